The van der Waals surface area contributed by atoms with E-state index in [1.807, 2.05) is 0 Å². The maximum atomic E-state index is 3.35. The molecule has 1 aliphatic heterocycles. The molecule has 0 saturated carbocycles. The van der Waals surface area contributed by atoms with Crippen LogP contribution in [-0.4, -0.2) is 31.6 Å². The standard InChI is InChI=1S/C16H26N2/c1-3-14-9-11-18(12-10-14)16(13-17-2)15-7-5-4-6-8-15/h4-8,14,16-17H,3,9-13H2,1-2H3. The van der Waals surface area contributed by atoms with Crippen LogP contribution in [-0.2, 0) is 0 Å². The second kappa shape index (κ2) is 6.91. The van der Waals surface area contributed by atoms with Gasteiger partial charge < -0.3 is 5.32 Å². The van der Waals surface area contributed by atoms with Crippen molar-refractivity contribution in [2.45, 2.75) is 32.2 Å². The molecule has 0 amide bonds. The smallest absolute Gasteiger partial charge is 0.0472 e. The van der Waals surface area contributed by atoms with Crippen LogP contribution in [0.2, 0.25) is 0 Å². The Bertz CT molecular complexity index is 328. The fourth-order valence-corrected chi connectivity index (χ4v) is 3.00. The van der Waals surface area contributed by atoms with Gasteiger partial charge in [0.15, 0.2) is 0 Å². The van der Waals surface area contributed by atoms with Crippen LogP contribution in [0.1, 0.15) is 37.8 Å². The minimum absolute atomic E-state index is 0.536. The van der Waals surface area contributed by atoms with Crippen LogP contribution in [0.5, 0.6) is 0 Å². The first-order chi connectivity index (χ1) is 8.85. The molecule has 0 spiro atoms. The average molecular weight is 246 g/mol. The first kappa shape index (κ1) is 13.6. The van der Waals surface area contributed by atoms with Crippen LogP contribution in [0, 0.1) is 5.92 Å². The van der Waals surface area contributed by atoms with Crippen LogP contribution in [0.25, 0.3) is 0 Å². The molecule has 0 radical (unpaired) electrons. The summed E-state index contributed by atoms with van der Waals surface area (Å²) in [6.07, 6.45) is 4.07. The van der Waals surface area contributed by atoms with Crippen molar-refractivity contribution >= 4 is 0 Å². The van der Waals surface area contributed by atoms with Gasteiger partial charge in [-0.15, -0.1) is 0 Å². The van der Waals surface area contributed by atoms with Gasteiger partial charge in [-0.2, -0.15) is 0 Å². The third-order valence-electron chi connectivity index (χ3n) is 4.25. The predicted octanol–water partition coefficient (Wildman–Crippen LogP) is 3.07. The van der Waals surface area contributed by atoms with Crippen molar-refractivity contribution in [3.63, 3.8) is 0 Å². The summed E-state index contributed by atoms with van der Waals surface area (Å²) in [4.78, 5) is 2.65. The minimum Gasteiger partial charge on any atom is -0.318 e. The molecule has 2 nitrogen and oxygen atoms in total. The minimum atomic E-state index is 0.536. The number of hydrogen-bond acceptors (Lipinski definition) is 2. The fourth-order valence-electron chi connectivity index (χ4n) is 3.00. The Morgan fingerprint density at radius 3 is 2.44 bits per heavy atom. The van der Waals surface area contributed by atoms with Gasteiger partial charge in [0.1, 0.15) is 0 Å². The lowest BCUT2D eigenvalue weighted by Gasteiger charge is -2.37. The summed E-state index contributed by atoms with van der Waals surface area (Å²) < 4.78 is 0. The Hall–Kier alpha value is -0.860. The summed E-state index contributed by atoms with van der Waals surface area (Å²) in [6, 6.07) is 11.5. The lowest BCUT2D eigenvalue weighted by molar-refractivity contribution is 0.130. The zero-order valence-electron chi connectivity index (χ0n) is 11.7. The number of piperidine rings is 1. The monoisotopic (exact) mass is 246 g/mol. The molecule has 2 heteroatoms. The molecule has 1 heterocycles. The first-order valence-electron chi connectivity index (χ1n) is 7.28. The zero-order chi connectivity index (χ0) is 12.8. The molecule has 1 unspecified atom stereocenters. The molecule has 1 aromatic rings. The Morgan fingerprint density at radius 2 is 1.89 bits per heavy atom. The fraction of sp³-hybridized carbons (Fsp3) is 0.625. The van der Waals surface area contributed by atoms with E-state index in [0.29, 0.717) is 6.04 Å². The van der Waals surface area contributed by atoms with Crippen molar-refractivity contribution in [2.75, 3.05) is 26.7 Å². The Morgan fingerprint density at radius 1 is 1.22 bits per heavy atom. The molecule has 0 aliphatic carbocycles. The molecule has 0 aromatic heterocycles. The van der Waals surface area contributed by atoms with E-state index in [9.17, 15) is 0 Å². The van der Waals surface area contributed by atoms with Crippen molar-refractivity contribution in [1.82, 2.24) is 10.2 Å². The molecule has 1 N–H and O–H groups in total. The van der Waals surface area contributed by atoms with Crippen LogP contribution < -0.4 is 5.32 Å². The zero-order valence-corrected chi connectivity index (χ0v) is 11.7. The third kappa shape index (κ3) is 3.33. The average Bonchev–Trinajstić information content (AvgIpc) is 2.46. The number of likely N-dealkylation sites (tertiary alicyclic amines) is 1. The molecular weight excluding hydrogens is 220 g/mol. The summed E-state index contributed by atoms with van der Waals surface area (Å²) >= 11 is 0. The van der Waals surface area contributed by atoms with Gasteiger partial charge in [-0.05, 0) is 44.5 Å². The number of likely N-dealkylation sites (N-methyl/N-ethyl adjacent to an activating group) is 1. The molecule has 18 heavy (non-hydrogen) atoms. The van der Waals surface area contributed by atoms with E-state index in [0.717, 1.165) is 12.5 Å². The van der Waals surface area contributed by atoms with Gasteiger partial charge in [-0.25, -0.2) is 0 Å². The largest absolute Gasteiger partial charge is 0.318 e. The summed E-state index contributed by atoms with van der Waals surface area (Å²) in [6.45, 7) is 5.86. The third-order valence-corrected chi connectivity index (χ3v) is 4.25. The van der Waals surface area contributed by atoms with Crippen LogP contribution >= 0.6 is 0 Å². The second-order valence-corrected chi connectivity index (χ2v) is 5.37. The number of nitrogens with zero attached hydrogens (tertiary/aromatic N) is 1. The Kier molecular flexibility index (Phi) is 5.21. The highest BCUT2D eigenvalue weighted by molar-refractivity contribution is 5.19. The number of benzene rings is 1. The van der Waals surface area contributed by atoms with Crippen LogP contribution in [0.4, 0.5) is 0 Å². The van der Waals surface area contributed by atoms with E-state index in [2.05, 4.69) is 54.5 Å². The molecule has 0 bridgehead atoms. The summed E-state index contributed by atoms with van der Waals surface area (Å²) in [7, 11) is 2.05. The van der Waals surface area contributed by atoms with Crippen molar-refractivity contribution in [3.05, 3.63) is 35.9 Å². The molecule has 1 atom stereocenters. The number of hydrogen-bond donors (Lipinski definition) is 1. The van der Waals surface area contributed by atoms with E-state index in [1.165, 1.54) is 37.9 Å². The molecule has 1 aliphatic rings. The van der Waals surface area contributed by atoms with Crippen molar-refractivity contribution in [3.8, 4) is 0 Å². The molecular formula is C16H26N2. The van der Waals surface area contributed by atoms with Gasteiger partial charge in [-0.1, -0.05) is 43.7 Å². The molecule has 1 aromatic carbocycles. The molecule has 1 fully saturated rings. The Balaban J connectivity index is 2.02. The van der Waals surface area contributed by atoms with E-state index in [4.69, 9.17) is 0 Å². The lowest BCUT2D eigenvalue weighted by atomic mass is 9.92. The molecule has 2 rings (SSSR count). The van der Waals surface area contributed by atoms with Gasteiger partial charge >= 0.3 is 0 Å². The summed E-state index contributed by atoms with van der Waals surface area (Å²) in [5, 5.41) is 3.35. The normalized spacial score (nSPS) is 19.9. The van der Waals surface area contributed by atoms with Crippen molar-refractivity contribution in [1.29, 1.82) is 0 Å². The van der Waals surface area contributed by atoms with Crippen molar-refractivity contribution in [2.24, 2.45) is 5.92 Å². The van der Waals surface area contributed by atoms with E-state index < -0.39 is 0 Å². The van der Waals surface area contributed by atoms with Gasteiger partial charge in [0.05, 0.1) is 0 Å². The van der Waals surface area contributed by atoms with Gasteiger partial charge in [0.2, 0.25) is 0 Å². The van der Waals surface area contributed by atoms with Gasteiger partial charge in [-0.3, -0.25) is 4.90 Å². The first-order valence-corrected chi connectivity index (χ1v) is 7.28. The lowest BCUT2D eigenvalue weighted by Crippen LogP contribution is -2.40. The van der Waals surface area contributed by atoms with Gasteiger partial charge in [0.25, 0.3) is 0 Å². The second-order valence-electron chi connectivity index (χ2n) is 5.37. The highest BCUT2D eigenvalue weighted by atomic mass is 15.2. The number of rotatable bonds is 5. The number of nitrogens with one attached hydrogen (secondary N) is 1. The Labute approximate surface area is 111 Å². The van der Waals surface area contributed by atoms with Crippen molar-refractivity contribution < 1.29 is 0 Å². The summed E-state index contributed by atoms with van der Waals surface area (Å²) in [5.74, 6) is 0.951. The quantitative estimate of drug-likeness (QED) is 0.859. The molecule has 1 saturated heterocycles. The highest BCUT2D eigenvalue weighted by Crippen LogP contribution is 2.27. The highest BCUT2D eigenvalue weighted by Gasteiger charge is 2.24. The van der Waals surface area contributed by atoms with E-state index in [-0.39, 0.29) is 0 Å². The SMILES string of the molecule is CCC1CCN(C(CNC)c2ccccc2)CC1. The summed E-state index contributed by atoms with van der Waals surface area (Å²) in [5.41, 5.74) is 1.45. The maximum absolute atomic E-state index is 3.35. The van der Waals surface area contributed by atoms with E-state index >= 15 is 0 Å². The van der Waals surface area contributed by atoms with E-state index in [1.54, 1.807) is 0 Å². The molecule has 100 valence electrons. The van der Waals surface area contributed by atoms with Crippen LogP contribution in [0.15, 0.2) is 30.3 Å². The van der Waals surface area contributed by atoms with Crippen LogP contribution in [0.3, 0.4) is 0 Å². The topological polar surface area (TPSA) is 15.3 Å². The predicted molar refractivity (Wildman–Crippen MR) is 77.7 cm³/mol. The van der Waals surface area contributed by atoms with Gasteiger partial charge in [0, 0.05) is 12.6 Å². The maximum Gasteiger partial charge on any atom is 0.0472 e.